The summed E-state index contributed by atoms with van der Waals surface area (Å²) in [5, 5.41) is 2.82. The van der Waals surface area contributed by atoms with Gasteiger partial charge in [-0.3, -0.25) is 0 Å². The first-order valence-electron chi connectivity index (χ1n) is 5.40. The average Bonchev–Trinajstić information content (AvgIpc) is 2.71. The molecule has 0 bridgehead atoms. The summed E-state index contributed by atoms with van der Waals surface area (Å²) >= 11 is 0.573. The Bertz CT molecular complexity index is 308. The molecule has 1 N–H and O–H groups in total. The Hall–Kier alpha value is -0.148. The number of carbonyl (C=O) groups is 1. The molecule has 5 nitrogen and oxygen atoms in total. The predicted molar refractivity (Wildman–Crippen MR) is 58.2 cm³/mol. The summed E-state index contributed by atoms with van der Waals surface area (Å²) in [6.07, 6.45) is 4.23. The maximum atomic E-state index is 11.3. The first-order valence-corrected chi connectivity index (χ1v) is 7.23. The van der Waals surface area contributed by atoms with Crippen molar-refractivity contribution in [3.05, 3.63) is 11.8 Å². The molecule has 1 saturated heterocycles. The van der Waals surface area contributed by atoms with Crippen molar-refractivity contribution in [3.63, 3.8) is 0 Å². The molecule has 86 valence electrons. The predicted octanol–water partition coefficient (Wildman–Crippen LogP) is -0.115. The molecule has 2 heterocycles. The van der Waals surface area contributed by atoms with E-state index >= 15 is 0 Å². The fourth-order valence-electron chi connectivity index (χ4n) is 2.00. The topological polar surface area (TPSA) is 50.8 Å². The molecule has 0 aromatic rings. The first-order chi connectivity index (χ1) is 7.70. The van der Waals surface area contributed by atoms with Crippen molar-refractivity contribution >= 4 is 32.1 Å². The van der Waals surface area contributed by atoms with Crippen LogP contribution in [0.25, 0.3) is 0 Å². The Morgan fingerprint density at radius 2 is 2.50 bits per heavy atom. The van der Waals surface area contributed by atoms with Gasteiger partial charge in [-0.05, 0) is 0 Å². The van der Waals surface area contributed by atoms with Gasteiger partial charge in [0.25, 0.3) is 0 Å². The second-order valence-corrected chi connectivity index (χ2v) is 5.41. The Balaban J connectivity index is 1.92. The van der Waals surface area contributed by atoms with Crippen LogP contribution in [0.3, 0.4) is 0 Å². The molecular weight excluding hydrogens is 401 g/mol. The second-order valence-electron chi connectivity index (χ2n) is 4.11. The summed E-state index contributed by atoms with van der Waals surface area (Å²) in [5.74, 6) is 0.00916. The van der Waals surface area contributed by atoms with Gasteiger partial charge in [0.2, 0.25) is 0 Å². The third kappa shape index (κ3) is 2.75. The summed E-state index contributed by atoms with van der Waals surface area (Å²) in [7, 11) is 0. The number of nitrogens with zero attached hydrogens (tertiary/aromatic N) is 1. The molecule has 1 amide bonds. The van der Waals surface area contributed by atoms with Crippen LogP contribution in [-0.4, -0.2) is 62.6 Å². The SMILES string of the molecule is CC1=CN([C@@H]2CCC(C[O][Tl])O2)CNC1=O. The van der Waals surface area contributed by atoms with E-state index in [1.807, 2.05) is 18.0 Å². The van der Waals surface area contributed by atoms with E-state index in [0.717, 1.165) is 18.4 Å². The molecule has 0 aromatic carbocycles. The van der Waals surface area contributed by atoms with E-state index in [2.05, 4.69) is 5.32 Å². The fourth-order valence-corrected chi connectivity index (χ4v) is 2.84. The zero-order valence-corrected chi connectivity index (χ0v) is 13.8. The fraction of sp³-hybridized carbons (Fsp3) is 0.700. The van der Waals surface area contributed by atoms with Gasteiger partial charge in [0.1, 0.15) is 0 Å². The average molecular weight is 416 g/mol. The van der Waals surface area contributed by atoms with Crippen LogP contribution in [0.4, 0.5) is 0 Å². The van der Waals surface area contributed by atoms with Crippen LogP contribution in [0.2, 0.25) is 0 Å². The van der Waals surface area contributed by atoms with Gasteiger partial charge < -0.3 is 0 Å². The molecular formula is C10H15N2O3Tl. The van der Waals surface area contributed by atoms with E-state index in [9.17, 15) is 4.79 Å². The Morgan fingerprint density at radius 1 is 1.69 bits per heavy atom. The van der Waals surface area contributed by atoms with Gasteiger partial charge >= 0.3 is 112 Å². The second kappa shape index (κ2) is 5.46. The van der Waals surface area contributed by atoms with Crippen molar-refractivity contribution in [1.29, 1.82) is 0 Å². The van der Waals surface area contributed by atoms with Gasteiger partial charge in [0, 0.05) is 0 Å². The van der Waals surface area contributed by atoms with Crippen LogP contribution in [-0.2, 0) is 12.2 Å². The molecule has 0 spiro atoms. The van der Waals surface area contributed by atoms with Gasteiger partial charge in [-0.25, -0.2) is 0 Å². The number of hydrogen-bond donors (Lipinski definition) is 1. The third-order valence-corrected chi connectivity index (χ3v) is 3.63. The van der Waals surface area contributed by atoms with Gasteiger partial charge in [-0.2, -0.15) is 0 Å². The number of hydrogen-bond acceptors (Lipinski definition) is 4. The van der Waals surface area contributed by atoms with Crippen LogP contribution >= 0.6 is 0 Å². The van der Waals surface area contributed by atoms with E-state index < -0.39 is 0 Å². The van der Waals surface area contributed by atoms with Crippen molar-refractivity contribution < 1.29 is 12.2 Å². The normalized spacial score (nSPS) is 30.1. The summed E-state index contributed by atoms with van der Waals surface area (Å²) in [5.41, 5.74) is 0.735. The van der Waals surface area contributed by atoms with Crippen LogP contribution < -0.4 is 5.32 Å². The van der Waals surface area contributed by atoms with Crippen LogP contribution in [0.15, 0.2) is 11.8 Å². The zero-order valence-electron chi connectivity index (χ0n) is 9.31. The Labute approximate surface area is 111 Å². The van der Waals surface area contributed by atoms with Crippen LogP contribution in [0.1, 0.15) is 19.8 Å². The summed E-state index contributed by atoms with van der Waals surface area (Å²) in [6, 6.07) is 0. The van der Waals surface area contributed by atoms with Crippen molar-refractivity contribution in [2.75, 3.05) is 13.3 Å². The van der Waals surface area contributed by atoms with Crippen LogP contribution in [0.5, 0.6) is 0 Å². The molecule has 1 unspecified atom stereocenters. The first kappa shape index (κ1) is 12.3. The van der Waals surface area contributed by atoms with Gasteiger partial charge in [-0.1, -0.05) is 0 Å². The zero-order chi connectivity index (χ0) is 11.5. The van der Waals surface area contributed by atoms with Gasteiger partial charge in [0.05, 0.1) is 0 Å². The molecule has 1 fully saturated rings. The molecule has 2 aliphatic heterocycles. The van der Waals surface area contributed by atoms with Crippen molar-refractivity contribution in [1.82, 2.24) is 10.2 Å². The van der Waals surface area contributed by atoms with Gasteiger partial charge in [-0.15, -0.1) is 0 Å². The molecule has 0 aliphatic carbocycles. The molecule has 0 radical (unpaired) electrons. The third-order valence-electron chi connectivity index (χ3n) is 2.88. The standard InChI is InChI=1S/C10H15N2O3.Tl/c1-7-4-12(6-11-10(7)14)9-3-2-8(5-13)15-9;/h4,8-9H,2-3,5-6H2,1H3,(H,11,14);/q-1;+1/t8?,9-;/m0./s1. The molecule has 6 heteroatoms. The van der Waals surface area contributed by atoms with E-state index in [1.165, 1.54) is 0 Å². The number of rotatable bonds is 3. The monoisotopic (exact) mass is 416 g/mol. The summed E-state index contributed by atoms with van der Waals surface area (Å²) in [6.45, 7) is 3.07. The molecule has 0 saturated carbocycles. The van der Waals surface area contributed by atoms with Crippen molar-refractivity contribution in [2.24, 2.45) is 0 Å². The van der Waals surface area contributed by atoms with E-state index in [1.54, 1.807) is 0 Å². The van der Waals surface area contributed by atoms with Crippen LogP contribution in [0, 0.1) is 0 Å². The molecule has 0 aromatic heterocycles. The number of amides is 1. The van der Waals surface area contributed by atoms with Crippen molar-refractivity contribution in [3.8, 4) is 0 Å². The summed E-state index contributed by atoms with van der Waals surface area (Å²) in [4.78, 5) is 13.3. The minimum absolute atomic E-state index is 0.00916. The van der Waals surface area contributed by atoms with E-state index in [4.69, 9.17) is 7.42 Å². The van der Waals surface area contributed by atoms with E-state index in [0.29, 0.717) is 39.5 Å². The Kier molecular flexibility index (Phi) is 4.20. The Morgan fingerprint density at radius 3 is 3.19 bits per heavy atom. The molecule has 2 aliphatic rings. The number of ether oxygens (including phenoxy) is 1. The molecule has 2 atom stereocenters. The van der Waals surface area contributed by atoms with Crippen molar-refractivity contribution in [2.45, 2.75) is 32.1 Å². The summed E-state index contributed by atoms with van der Waals surface area (Å²) < 4.78 is 11.1. The maximum absolute atomic E-state index is 11.3. The molecule has 2 rings (SSSR count). The minimum atomic E-state index is 0.00916. The quantitative estimate of drug-likeness (QED) is 0.654. The number of carbonyl (C=O) groups excluding carboxylic acids is 1. The molecule has 16 heavy (non-hydrogen) atoms. The number of nitrogens with one attached hydrogen (secondary N) is 1. The van der Waals surface area contributed by atoms with E-state index in [-0.39, 0.29) is 18.2 Å². The van der Waals surface area contributed by atoms with Gasteiger partial charge in [0.15, 0.2) is 0 Å².